The summed E-state index contributed by atoms with van der Waals surface area (Å²) in [6.07, 6.45) is -5.74. The molecule has 3 rings (SSSR count). The van der Waals surface area contributed by atoms with Crippen LogP contribution < -0.4 is 9.04 Å². The second-order valence-electron chi connectivity index (χ2n) is 6.55. The van der Waals surface area contributed by atoms with Gasteiger partial charge in [0.1, 0.15) is 11.9 Å². The molecule has 29 heavy (non-hydrogen) atoms. The molecule has 0 unspecified atom stereocenters. The van der Waals surface area contributed by atoms with Gasteiger partial charge in [0.15, 0.2) is 0 Å². The highest BCUT2D eigenvalue weighted by Crippen LogP contribution is 2.39. The Labute approximate surface area is 165 Å². The molecule has 0 amide bonds. The molecular formula is C19H18F3NO5S. The predicted molar refractivity (Wildman–Crippen MR) is 98.2 cm³/mol. The van der Waals surface area contributed by atoms with Crippen LogP contribution in [0, 0.1) is 6.92 Å². The molecule has 1 aliphatic heterocycles. The number of anilines is 1. The normalized spacial score (nSPS) is 16.7. The third-order valence-electron chi connectivity index (χ3n) is 4.42. The molecule has 6 nitrogen and oxygen atoms in total. The topological polar surface area (TPSA) is 72.9 Å². The van der Waals surface area contributed by atoms with Crippen molar-refractivity contribution in [3.63, 3.8) is 0 Å². The van der Waals surface area contributed by atoms with Gasteiger partial charge < -0.3 is 9.47 Å². The molecule has 10 heteroatoms. The van der Waals surface area contributed by atoms with E-state index in [1.54, 1.807) is 25.1 Å². The summed E-state index contributed by atoms with van der Waals surface area (Å²) in [4.78, 5) is 11.1. The Morgan fingerprint density at radius 1 is 1.24 bits per heavy atom. The quantitative estimate of drug-likeness (QED) is 0.696. The average molecular weight is 429 g/mol. The van der Waals surface area contributed by atoms with E-state index in [4.69, 9.17) is 4.74 Å². The first-order valence-electron chi connectivity index (χ1n) is 8.56. The summed E-state index contributed by atoms with van der Waals surface area (Å²) in [5, 5.41) is 0. The number of carbonyl (C=O) groups excluding carboxylic acids is 1. The van der Waals surface area contributed by atoms with Crippen LogP contribution in [0.4, 0.5) is 18.9 Å². The Balaban J connectivity index is 2.07. The van der Waals surface area contributed by atoms with Gasteiger partial charge in [-0.3, -0.25) is 9.10 Å². The number of halogens is 3. The van der Waals surface area contributed by atoms with Gasteiger partial charge in [0.25, 0.3) is 10.0 Å². The Kier molecular flexibility index (Phi) is 5.48. The number of hydrogen-bond acceptors (Lipinski definition) is 5. The van der Waals surface area contributed by atoms with E-state index in [2.05, 4.69) is 4.74 Å². The summed E-state index contributed by atoms with van der Waals surface area (Å²) < 4.78 is 76.9. The lowest BCUT2D eigenvalue weighted by Gasteiger charge is -2.35. The van der Waals surface area contributed by atoms with Crippen LogP contribution >= 0.6 is 0 Å². The van der Waals surface area contributed by atoms with Crippen molar-refractivity contribution in [3.05, 3.63) is 53.6 Å². The maximum absolute atomic E-state index is 13.2. The smallest absolute Gasteiger partial charge is 0.416 e. The van der Waals surface area contributed by atoms with Crippen LogP contribution in [0.25, 0.3) is 0 Å². The van der Waals surface area contributed by atoms with E-state index in [1.807, 2.05) is 0 Å². The van der Waals surface area contributed by atoms with Crippen molar-refractivity contribution in [1.29, 1.82) is 0 Å². The minimum atomic E-state index is -4.68. The Hall–Kier alpha value is -2.75. The van der Waals surface area contributed by atoms with Crippen LogP contribution in [0.1, 0.15) is 17.5 Å². The first-order chi connectivity index (χ1) is 13.5. The molecule has 0 saturated carbocycles. The van der Waals surface area contributed by atoms with E-state index >= 15 is 0 Å². The van der Waals surface area contributed by atoms with Crippen LogP contribution in [-0.4, -0.2) is 34.1 Å². The highest BCUT2D eigenvalue weighted by atomic mass is 32.2. The van der Waals surface area contributed by atoms with Gasteiger partial charge in [-0.05, 0) is 42.8 Å². The second-order valence-corrected chi connectivity index (χ2v) is 8.42. The predicted octanol–water partition coefficient (Wildman–Crippen LogP) is 3.53. The minimum Gasteiger partial charge on any atom is -0.486 e. The van der Waals surface area contributed by atoms with E-state index in [1.165, 1.54) is 7.11 Å². The standard InChI is InChI=1S/C19H18F3NO5S/c1-12-6-7-17-16(8-12)23(11-14(28-17)10-18(24)27-2)29(25,26)15-5-3-4-13(9-15)19(20,21)22/h3-9,14H,10-11H2,1-2H3/t14-/m0/s1. The monoisotopic (exact) mass is 429 g/mol. The van der Waals surface area contributed by atoms with E-state index in [0.717, 1.165) is 28.1 Å². The molecule has 0 spiro atoms. The number of rotatable bonds is 4. The van der Waals surface area contributed by atoms with E-state index in [0.29, 0.717) is 6.07 Å². The molecule has 0 aromatic heterocycles. The maximum atomic E-state index is 13.2. The van der Waals surface area contributed by atoms with Gasteiger partial charge in [0.05, 0.1) is 36.2 Å². The summed E-state index contributed by atoms with van der Waals surface area (Å²) in [5.74, 6) is -0.381. The van der Waals surface area contributed by atoms with E-state index in [9.17, 15) is 26.4 Å². The van der Waals surface area contributed by atoms with Gasteiger partial charge in [-0.15, -0.1) is 0 Å². The molecule has 0 N–H and O–H groups in total. The van der Waals surface area contributed by atoms with Gasteiger partial charge in [0, 0.05) is 0 Å². The molecule has 0 saturated heterocycles. The van der Waals surface area contributed by atoms with Crippen molar-refractivity contribution in [2.24, 2.45) is 0 Å². The first-order valence-corrected chi connectivity index (χ1v) is 10.0. The summed E-state index contributed by atoms with van der Waals surface area (Å²) in [6, 6.07) is 8.36. The molecule has 0 aliphatic carbocycles. The Morgan fingerprint density at radius 3 is 2.62 bits per heavy atom. The zero-order valence-electron chi connectivity index (χ0n) is 15.6. The molecule has 2 aromatic rings. The number of ether oxygens (including phenoxy) is 2. The number of hydrogen-bond donors (Lipinski definition) is 0. The number of nitrogens with zero attached hydrogens (tertiary/aromatic N) is 1. The highest BCUT2D eigenvalue weighted by Gasteiger charge is 2.37. The van der Waals surface area contributed by atoms with E-state index < -0.39 is 38.7 Å². The highest BCUT2D eigenvalue weighted by molar-refractivity contribution is 7.92. The lowest BCUT2D eigenvalue weighted by molar-refractivity contribution is -0.142. The molecule has 1 aliphatic rings. The molecule has 1 heterocycles. The van der Waals surface area contributed by atoms with Crippen LogP contribution in [0.5, 0.6) is 5.75 Å². The molecular weight excluding hydrogens is 411 g/mol. The number of carbonyl (C=O) groups is 1. The van der Waals surface area contributed by atoms with Crippen LogP contribution in [0.3, 0.4) is 0 Å². The fourth-order valence-electron chi connectivity index (χ4n) is 2.99. The Bertz CT molecular complexity index is 1040. The average Bonchev–Trinajstić information content (AvgIpc) is 2.67. The van der Waals surface area contributed by atoms with Crippen molar-refractivity contribution >= 4 is 21.7 Å². The number of benzene rings is 2. The largest absolute Gasteiger partial charge is 0.486 e. The van der Waals surface area contributed by atoms with Gasteiger partial charge in [-0.2, -0.15) is 13.2 Å². The van der Waals surface area contributed by atoms with Crippen LogP contribution in [-0.2, 0) is 25.7 Å². The SMILES string of the molecule is COC(=O)C[C@H]1CN(S(=O)(=O)c2cccc(C(F)(F)F)c2)c2cc(C)ccc2O1. The third-order valence-corrected chi connectivity index (χ3v) is 6.19. The molecule has 1 atom stereocenters. The summed E-state index contributed by atoms with van der Waals surface area (Å²) in [5.41, 5.74) is -0.131. The zero-order chi connectivity index (χ0) is 21.4. The number of aryl methyl sites for hydroxylation is 1. The zero-order valence-corrected chi connectivity index (χ0v) is 16.4. The minimum absolute atomic E-state index is 0.198. The molecule has 156 valence electrons. The summed E-state index contributed by atoms with van der Waals surface area (Å²) in [6.45, 7) is 1.50. The summed E-state index contributed by atoms with van der Waals surface area (Å²) >= 11 is 0. The third kappa shape index (κ3) is 4.31. The van der Waals surface area contributed by atoms with Crippen LogP contribution in [0.2, 0.25) is 0 Å². The fourth-order valence-corrected chi connectivity index (χ4v) is 4.53. The van der Waals surface area contributed by atoms with Crippen molar-refractivity contribution in [2.75, 3.05) is 18.0 Å². The Morgan fingerprint density at radius 2 is 1.97 bits per heavy atom. The first kappa shape index (κ1) is 21.0. The lowest BCUT2D eigenvalue weighted by Crippen LogP contribution is -2.44. The number of sulfonamides is 1. The molecule has 2 aromatic carbocycles. The molecule has 0 fully saturated rings. The van der Waals surface area contributed by atoms with Crippen molar-refractivity contribution in [1.82, 2.24) is 0 Å². The van der Waals surface area contributed by atoms with Crippen molar-refractivity contribution < 1.29 is 35.9 Å². The summed E-state index contributed by atoms with van der Waals surface area (Å²) in [7, 11) is -3.16. The fraction of sp³-hybridized carbons (Fsp3) is 0.316. The maximum Gasteiger partial charge on any atom is 0.416 e. The second kappa shape index (κ2) is 7.58. The van der Waals surface area contributed by atoms with Crippen molar-refractivity contribution in [3.8, 4) is 5.75 Å². The number of methoxy groups -OCH3 is 1. The van der Waals surface area contributed by atoms with Gasteiger partial charge >= 0.3 is 12.1 Å². The number of esters is 1. The van der Waals surface area contributed by atoms with Crippen LogP contribution in [0.15, 0.2) is 47.4 Å². The van der Waals surface area contributed by atoms with Gasteiger partial charge in [-0.25, -0.2) is 8.42 Å². The number of fused-ring (bicyclic) bond motifs is 1. The molecule has 0 bridgehead atoms. The lowest BCUT2D eigenvalue weighted by atomic mass is 10.1. The van der Waals surface area contributed by atoms with Gasteiger partial charge in [0.2, 0.25) is 0 Å². The van der Waals surface area contributed by atoms with E-state index in [-0.39, 0.29) is 24.4 Å². The molecule has 0 radical (unpaired) electrons. The van der Waals surface area contributed by atoms with Gasteiger partial charge in [-0.1, -0.05) is 12.1 Å². The van der Waals surface area contributed by atoms with Crippen molar-refractivity contribution in [2.45, 2.75) is 30.5 Å². The number of alkyl halides is 3.